The highest BCUT2D eigenvalue weighted by molar-refractivity contribution is 5.66. The summed E-state index contributed by atoms with van der Waals surface area (Å²) in [4.78, 5) is 11.4. The maximum atomic E-state index is 11.4. The maximum Gasteiger partial charge on any atom is 0.302 e. The molecule has 5 aliphatic rings. The van der Waals surface area contributed by atoms with E-state index in [9.17, 15) is 4.79 Å². The van der Waals surface area contributed by atoms with E-state index in [2.05, 4.69) is 26.8 Å². The molecular weight excluding hydrogens is 336 g/mol. The third kappa shape index (κ3) is 2.42. The van der Waals surface area contributed by atoms with Gasteiger partial charge in [-0.15, -0.1) is 0 Å². The number of fused-ring (bicyclic) bond motifs is 7. The van der Waals surface area contributed by atoms with Gasteiger partial charge in [0.1, 0.15) is 12.2 Å². The summed E-state index contributed by atoms with van der Waals surface area (Å²) in [5.74, 6) is 2.88. The summed E-state index contributed by atoms with van der Waals surface area (Å²) in [7, 11) is 0. The summed E-state index contributed by atoms with van der Waals surface area (Å²) in [6.07, 6.45) is 13.4. The highest BCUT2D eigenvalue weighted by atomic mass is 16.5. The van der Waals surface area contributed by atoms with Crippen molar-refractivity contribution in [1.29, 1.82) is 0 Å². The predicted molar refractivity (Wildman–Crippen MR) is 105 cm³/mol. The van der Waals surface area contributed by atoms with Crippen LogP contribution in [0.15, 0.2) is 23.5 Å². The molecule has 0 aromatic carbocycles. The second-order valence-corrected chi connectivity index (χ2v) is 10.5. The number of hydrogen-bond donors (Lipinski definition) is 0. The molecule has 0 spiro atoms. The Bertz CT molecular complexity index is 721. The van der Waals surface area contributed by atoms with E-state index in [0.717, 1.165) is 30.6 Å². The van der Waals surface area contributed by atoms with Crippen LogP contribution < -0.4 is 0 Å². The van der Waals surface area contributed by atoms with Crippen molar-refractivity contribution in [3.8, 4) is 0 Å². The zero-order valence-electron chi connectivity index (χ0n) is 17.3. The molecular formula is C24H34O3. The first-order chi connectivity index (χ1) is 12.8. The van der Waals surface area contributed by atoms with E-state index < -0.39 is 0 Å². The SMILES string of the molecule is CC(=O)OC1CCC2(C)C(=CCC3C2CCC2(C)C3CC3OC=C(C)C32)C1. The topological polar surface area (TPSA) is 35.5 Å². The minimum Gasteiger partial charge on any atom is -0.497 e. The zero-order valence-corrected chi connectivity index (χ0v) is 17.3. The standard InChI is InChI=1S/C24H34O3/c1-14-13-26-21-12-20-18-6-5-16-11-17(27-15(2)25)7-9-23(16,3)19(18)8-10-24(20,4)22(14)21/h5,13,17-22H,6-12H2,1-4H3. The van der Waals surface area contributed by atoms with E-state index >= 15 is 0 Å². The molecule has 8 atom stereocenters. The van der Waals surface area contributed by atoms with Crippen LogP contribution in [-0.4, -0.2) is 18.2 Å². The lowest BCUT2D eigenvalue weighted by Gasteiger charge is -2.58. The average Bonchev–Trinajstić information content (AvgIpc) is 3.12. The number of ether oxygens (including phenoxy) is 2. The van der Waals surface area contributed by atoms with Gasteiger partial charge in [-0.1, -0.05) is 25.5 Å². The summed E-state index contributed by atoms with van der Waals surface area (Å²) in [6, 6.07) is 0. The van der Waals surface area contributed by atoms with Crippen molar-refractivity contribution in [2.75, 3.05) is 0 Å². The van der Waals surface area contributed by atoms with Crippen LogP contribution in [0.4, 0.5) is 0 Å². The van der Waals surface area contributed by atoms with E-state index in [4.69, 9.17) is 9.47 Å². The quantitative estimate of drug-likeness (QED) is 0.457. The molecule has 5 rings (SSSR count). The van der Waals surface area contributed by atoms with Crippen LogP contribution in [0.3, 0.4) is 0 Å². The first kappa shape index (κ1) is 17.8. The van der Waals surface area contributed by atoms with Crippen LogP contribution in [0.2, 0.25) is 0 Å². The lowest BCUT2D eigenvalue weighted by atomic mass is 9.47. The maximum absolute atomic E-state index is 11.4. The Labute approximate surface area is 163 Å². The molecule has 0 aromatic rings. The highest BCUT2D eigenvalue weighted by Gasteiger charge is 2.62. The van der Waals surface area contributed by atoms with Gasteiger partial charge < -0.3 is 9.47 Å². The van der Waals surface area contributed by atoms with E-state index in [0.29, 0.717) is 22.9 Å². The highest BCUT2D eigenvalue weighted by Crippen LogP contribution is 2.68. The van der Waals surface area contributed by atoms with Crippen molar-refractivity contribution in [2.24, 2.45) is 34.5 Å². The first-order valence-corrected chi connectivity index (χ1v) is 11.0. The Morgan fingerprint density at radius 1 is 1.22 bits per heavy atom. The van der Waals surface area contributed by atoms with E-state index in [1.54, 1.807) is 5.57 Å². The van der Waals surface area contributed by atoms with Gasteiger partial charge in [0.05, 0.1) is 6.26 Å². The van der Waals surface area contributed by atoms with E-state index in [1.165, 1.54) is 44.6 Å². The summed E-state index contributed by atoms with van der Waals surface area (Å²) in [5.41, 5.74) is 3.78. The number of hydrogen-bond acceptors (Lipinski definition) is 3. The smallest absolute Gasteiger partial charge is 0.302 e. The summed E-state index contributed by atoms with van der Waals surface area (Å²) in [5, 5.41) is 0. The van der Waals surface area contributed by atoms with Crippen LogP contribution in [0.1, 0.15) is 72.6 Å². The zero-order chi connectivity index (χ0) is 19.0. The van der Waals surface area contributed by atoms with Crippen LogP contribution in [0, 0.1) is 34.5 Å². The van der Waals surface area contributed by atoms with E-state index in [1.807, 2.05) is 6.26 Å². The molecule has 3 heteroatoms. The predicted octanol–water partition coefficient (Wildman–Crippen LogP) is 5.41. The number of carbonyl (C=O) groups is 1. The van der Waals surface area contributed by atoms with Crippen molar-refractivity contribution >= 4 is 5.97 Å². The summed E-state index contributed by atoms with van der Waals surface area (Å²) in [6.45, 7) is 8.89. The fraction of sp³-hybridized carbons (Fsp3) is 0.792. The molecule has 3 fully saturated rings. The molecule has 3 saturated carbocycles. The second kappa shape index (κ2) is 5.87. The van der Waals surface area contributed by atoms with Gasteiger partial charge in [-0.25, -0.2) is 0 Å². The Morgan fingerprint density at radius 2 is 2.04 bits per heavy atom. The molecule has 0 bridgehead atoms. The van der Waals surface area contributed by atoms with Crippen molar-refractivity contribution in [3.05, 3.63) is 23.5 Å². The third-order valence-corrected chi connectivity index (χ3v) is 9.32. The normalized spacial score (nSPS) is 50.4. The molecule has 4 aliphatic carbocycles. The van der Waals surface area contributed by atoms with Crippen LogP contribution in [0.25, 0.3) is 0 Å². The van der Waals surface area contributed by atoms with Gasteiger partial charge in [0.15, 0.2) is 0 Å². The van der Waals surface area contributed by atoms with Gasteiger partial charge in [-0.3, -0.25) is 4.79 Å². The van der Waals surface area contributed by atoms with Gasteiger partial charge in [-0.2, -0.15) is 0 Å². The molecule has 0 amide bonds. The van der Waals surface area contributed by atoms with Crippen molar-refractivity contribution in [3.63, 3.8) is 0 Å². The lowest BCUT2D eigenvalue weighted by Crippen LogP contribution is -2.50. The van der Waals surface area contributed by atoms with Crippen LogP contribution in [-0.2, 0) is 14.3 Å². The number of esters is 1. The Morgan fingerprint density at radius 3 is 2.81 bits per heavy atom. The molecule has 3 nitrogen and oxygen atoms in total. The second-order valence-electron chi connectivity index (χ2n) is 10.5. The molecule has 148 valence electrons. The molecule has 0 radical (unpaired) electrons. The molecule has 0 saturated heterocycles. The Hall–Kier alpha value is -1.25. The monoisotopic (exact) mass is 370 g/mol. The largest absolute Gasteiger partial charge is 0.497 e. The Balaban J connectivity index is 1.42. The Kier molecular flexibility index (Phi) is 3.88. The third-order valence-electron chi connectivity index (χ3n) is 9.32. The average molecular weight is 371 g/mol. The molecule has 0 aromatic heterocycles. The molecule has 0 N–H and O–H groups in total. The van der Waals surface area contributed by atoms with E-state index in [-0.39, 0.29) is 12.1 Å². The molecule has 1 aliphatic heterocycles. The molecule has 8 unspecified atom stereocenters. The molecule has 1 heterocycles. The van der Waals surface area contributed by atoms with Gasteiger partial charge in [0.2, 0.25) is 0 Å². The summed E-state index contributed by atoms with van der Waals surface area (Å²) < 4.78 is 11.6. The first-order valence-electron chi connectivity index (χ1n) is 11.0. The number of carbonyl (C=O) groups excluding carboxylic acids is 1. The number of allylic oxidation sites excluding steroid dienone is 1. The van der Waals surface area contributed by atoms with Crippen LogP contribution >= 0.6 is 0 Å². The van der Waals surface area contributed by atoms with Gasteiger partial charge in [0, 0.05) is 19.3 Å². The fourth-order valence-electron chi connectivity index (χ4n) is 8.17. The summed E-state index contributed by atoms with van der Waals surface area (Å²) >= 11 is 0. The minimum atomic E-state index is -0.132. The minimum absolute atomic E-state index is 0.0965. The fourth-order valence-corrected chi connectivity index (χ4v) is 8.17. The van der Waals surface area contributed by atoms with Crippen molar-refractivity contribution in [2.45, 2.75) is 84.8 Å². The van der Waals surface area contributed by atoms with Gasteiger partial charge >= 0.3 is 5.97 Å². The van der Waals surface area contributed by atoms with Crippen molar-refractivity contribution in [1.82, 2.24) is 0 Å². The van der Waals surface area contributed by atoms with Crippen molar-refractivity contribution < 1.29 is 14.3 Å². The van der Waals surface area contributed by atoms with Gasteiger partial charge in [0.25, 0.3) is 0 Å². The van der Waals surface area contributed by atoms with Gasteiger partial charge in [-0.05, 0) is 79.6 Å². The number of rotatable bonds is 1. The molecule has 27 heavy (non-hydrogen) atoms. The lowest BCUT2D eigenvalue weighted by molar-refractivity contribution is -0.148. The van der Waals surface area contributed by atoms with Crippen LogP contribution in [0.5, 0.6) is 0 Å².